The Kier molecular flexibility index (Phi) is 6.09. The van der Waals surface area contributed by atoms with Crippen molar-refractivity contribution in [1.82, 2.24) is 10.6 Å². The standard InChI is InChI=1S/C13H27N3O/c1-9-8-11(9)13(17)12(6-4-5-7-14)16-10(2)15-3/h9-12,15-16H,4-8,14H2,1-3H3. The highest BCUT2D eigenvalue weighted by Crippen LogP contribution is 2.39. The molecular weight excluding hydrogens is 214 g/mol. The number of nitrogens with one attached hydrogen (secondary N) is 2. The van der Waals surface area contributed by atoms with Crippen LogP contribution in [0.25, 0.3) is 0 Å². The molecule has 1 aliphatic rings. The van der Waals surface area contributed by atoms with Gasteiger partial charge >= 0.3 is 0 Å². The summed E-state index contributed by atoms with van der Waals surface area (Å²) in [6.45, 7) is 4.91. The third kappa shape index (κ3) is 4.74. The van der Waals surface area contributed by atoms with Gasteiger partial charge in [0.2, 0.25) is 0 Å². The number of Topliss-reactive ketones (excluding diaryl/α,β-unsaturated/α-hetero) is 1. The number of hydrogen-bond donors (Lipinski definition) is 3. The zero-order valence-corrected chi connectivity index (χ0v) is 11.3. The van der Waals surface area contributed by atoms with Crippen molar-refractivity contribution in [3.8, 4) is 0 Å². The topological polar surface area (TPSA) is 67.2 Å². The van der Waals surface area contributed by atoms with Crippen molar-refractivity contribution in [2.45, 2.75) is 51.7 Å². The van der Waals surface area contributed by atoms with Crippen LogP contribution in [0.2, 0.25) is 0 Å². The lowest BCUT2D eigenvalue weighted by Crippen LogP contribution is -2.48. The van der Waals surface area contributed by atoms with Crippen LogP contribution in [0.4, 0.5) is 0 Å². The second kappa shape index (κ2) is 7.09. The number of hydrogen-bond acceptors (Lipinski definition) is 4. The number of nitrogens with two attached hydrogens (primary N) is 1. The molecule has 4 heteroatoms. The Morgan fingerprint density at radius 3 is 2.59 bits per heavy atom. The Hall–Kier alpha value is -0.450. The molecule has 0 aromatic heterocycles. The highest BCUT2D eigenvalue weighted by atomic mass is 16.1. The minimum Gasteiger partial charge on any atom is -0.330 e. The van der Waals surface area contributed by atoms with Crippen molar-refractivity contribution in [3.05, 3.63) is 0 Å². The number of carbonyl (C=O) groups excluding carboxylic acids is 1. The van der Waals surface area contributed by atoms with Crippen LogP contribution in [0.15, 0.2) is 0 Å². The van der Waals surface area contributed by atoms with Crippen molar-refractivity contribution in [3.63, 3.8) is 0 Å². The normalized spacial score (nSPS) is 26.6. The zero-order valence-electron chi connectivity index (χ0n) is 11.3. The van der Waals surface area contributed by atoms with Gasteiger partial charge in [0.05, 0.1) is 12.2 Å². The van der Waals surface area contributed by atoms with E-state index in [9.17, 15) is 4.79 Å². The Balaban J connectivity index is 2.42. The van der Waals surface area contributed by atoms with Gasteiger partial charge in [-0.2, -0.15) is 0 Å². The van der Waals surface area contributed by atoms with E-state index < -0.39 is 0 Å². The molecule has 1 fully saturated rings. The van der Waals surface area contributed by atoms with Gasteiger partial charge in [-0.15, -0.1) is 0 Å². The summed E-state index contributed by atoms with van der Waals surface area (Å²) in [6, 6.07) is -0.000972. The highest BCUT2D eigenvalue weighted by Gasteiger charge is 2.41. The fourth-order valence-electron chi connectivity index (χ4n) is 2.16. The van der Waals surface area contributed by atoms with Crippen LogP contribution < -0.4 is 16.4 Å². The van der Waals surface area contributed by atoms with Gasteiger partial charge in [-0.1, -0.05) is 13.3 Å². The second-order valence-corrected chi connectivity index (χ2v) is 5.24. The lowest BCUT2D eigenvalue weighted by Gasteiger charge is -2.22. The third-order valence-corrected chi connectivity index (χ3v) is 3.65. The first-order chi connectivity index (χ1) is 8.10. The van der Waals surface area contributed by atoms with E-state index in [2.05, 4.69) is 17.6 Å². The molecule has 0 spiro atoms. The molecule has 0 saturated heterocycles. The minimum atomic E-state index is -0.000972. The predicted octanol–water partition coefficient (Wildman–Crippen LogP) is 0.864. The van der Waals surface area contributed by atoms with Gasteiger partial charge < -0.3 is 11.1 Å². The van der Waals surface area contributed by atoms with E-state index in [1.165, 1.54) is 0 Å². The van der Waals surface area contributed by atoms with Crippen molar-refractivity contribution >= 4 is 5.78 Å². The van der Waals surface area contributed by atoms with E-state index in [0.29, 0.717) is 24.2 Å². The van der Waals surface area contributed by atoms with Gasteiger partial charge in [-0.05, 0) is 45.7 Å². The van der Waals surface area contributed by atoms with Gasteiger partial charge in [0, 0.05) is 5.92 Å². The van der Waals surface area contributed by atoms with Gasteiger partial charge in [-0.25, -0.2) is 0 Å². The summed E-state index contributed by atoms with van der Waals surface area (Å²) in [5.41, 5.74) is 5.49. The molecule has 0 radical (unpaired) electrons. The molecule has 4 N–H and O–H groups in total. The Labute approximate surface area is 105 Å². The average Bonchev–Trinajstić information content (AvgIpc) is 3.04. The second-order valence-electron chi connectivity index (χ2n) is 5.24. The maximum atomic E-state index is 12.2. The number of ketones is 1. The minimum absolute atomic E-state index is 0.000972. The van der Waals surface area contributed by atoms with E-state index in [0.717, 1.165) is 25.7 Å². The van der Waals surface area contributed by atoms with Crippen LogP contribution in [-0.4, -0.2) is 31.6 Å². The first-order valence-electron chi connectivity index (χ1n) is 6.77. The lowest BCUT2D eigenvalue weighted by molar-refractivity contribution is -0.123. The molecular formula is C13H27N3O. The van der Waals surface area contributed by atoms with Crippen LogP contribution in [0.1, 0.15) is 39.5 Å². The molecule has 17 heavy (non-hydrogen) atoms. The monoisotopic (exact) mass is 241 g/mol. The van der Waals surface area contributed by atoms with Gasteiger partial charge in [0.1, 0.15) is 0 Å². The highest BCUT2D eigenvalue weighted by molar-refractivity contribution is 5.88. The largest absolute Gasteiger partial charge is 0.330 e. The molecule has 100 valence electrons. The molecule has 0 aliphatic heterocycles. The number of carbonyl (C=O) groups is 1. The van der Waals surface area contributed by atoms with Crippen molar-refractivity contribution in [1.29, 1.82) is 0 Å². The molecule has 1 saturated carbocycles. The molecule has 4 atom stereocenters. The third-order valence-electron chi connectivity index (χ3n) is 3.65. The first-order valence-corrected chi connectivity index (χ1v) is 6.77. The fourth-order valence-corrected chi connectivity index (χ4v) is 2.16. The van der Waals surface area contributed by atoms with E-state index in [4.69, 9.17) is 5.73 Å². The molecule has 4 nitrogen and oxygen atoms in total. The summed E-state index contributed by atoms with van der Waals surface area (Å²) in [4.78, 5) is 12.2. The molecule has 1 aliphatic carbocycles. The molecule has 0 amide bonds. The summed E-state index contributed by atoms with van der Waals surface area (Å²) in [7, 11) is 1.90. The van der Waals surface area contributed by atoms with E-state index >= 15 is 0 Å². The average molecular weight is 241 g/mol. The SMILES string of the molecule is CNC(C)NC(CCCCN)C(=O)C1CC1C. The van der Waals surface area contributed by atoms with Crippen LogP contribution in [0.5, 0.6) is 0 Å². The van der Waals surface area contributed by atoms with E-state index in [1.54, 1.807) is 0 Å². The van der Waals surface area contributed by atoms with Crippen LogP contribution in [0, 0.1) is 11.8 Å². The van der Waals surface area contributed by atoms with Crippen LogP contribution in [-0.2, 0) is 4.79 Å². The fraction of sp³-hybridized carbons (Fsp3) is 0.923. The van der Waals surface area contributed by atoms with E-state index in [-0.39, 0.29) is 12.2 Å². The maximum absolute atomic E-state index is 12.2. The Morgan fingerprint density at radius 1 is 1.47 bits per heavy atom. The molecule has 0 bridgehead atoms. The van der Waals surface area contributed by atoms with Crippen molar-refractivity contribution in [2.75, 3.05) is 13.6 Å². The van der Waals surface area contributed by atoms with Gasteiger partial charge in [0.25, 0.3) is 0 Å². The maximum Gasteiger partial charge on any atom is 0.153 e. The Morgan fingerprint density at radius 2 is 2.12 bits per heavy atom. The number of rotatable bonds is 9. The summed E-state index contributed by atoms with van der Waals surface area (Å²) < 4.78 is 0. The summed E-state index contributed by atoms with van der Waals surface area (Å²) in [5, 5.41) is 6.49. The van der Waals surface area contributed by atoms with Crippen molar-refractivity contribution in [2.24, 2.45) is 17.6 Å². The molecule has 4 unspecified atom stereocenters. The number of unbranched alkanes of at least 4 members (excludes halogenated alkanes) is 1. The Bertz CT molecular complexity index is 245. The molecule has 1 rings (SSSR count). The van der Waals surface area contributed by atoms with E-state index in [1.807, 2.05) is 14.0 Å². The van der Waals surface area contributed by atoms with Gasteiger partial charge in [-0.3, -0.25) is 10.1 Å². The summed E-state index contributed by atoms with van der Waals surface area (Å²) in [6.07, 6.45) is 4.18. The first kappa shape index (κ1) is 14.6. The van der Waals surface area contributed by atoms with Crippen molar-refractivity contribution < 1.29 is 4.79 Å². The van der Waals surface area contributed by atoms with Crippen LogP contribution in [0.3, 0.4) is 0 Å². The molecule has 0 heterocycles. The summed E-state index contributed by atoms with van der Waals surface area (Å²) in [5.74, 6) is 1.29. The molecule has 0 aromatic rings. The van der Waals surface area contributed by atoms with Crippen LogP contribution >= 0.6 is 0 Å². The lowest BCUT2D eigenvalue weighted by atomic mass is 10.0. The quantitative estimate of drug-likeness (QED) is 0.414. The van der Waals surface area contributed by atoms with Gasteiger partial charge in [0.15, 0.2) is 5.78 Å². The predicted molar refractivity (Wildman–Crippen MR) is 70.6 cm³/mol. The smallest absolute Gasteiger partial charge is 0.153 e. The zero-order chi connectivity index (χ0) is 12.8. The molecule has 0 aromatic carbocycles. The summed E-state index contributed by atoms with van der Waals surface area (Å²) >= 11 is 0.